The molecule has 0 aliphatic carbocycles. The highest BCUT2D eigenvalue weighted by molar-refractivity contribution is 6.05. The smallest absolute Gasteiger partial charge is 0.405 e. The molecule has 1 N–H and O–H groups in total. The molecular formula is C19H21F3N2O3. The average Bonchev–Trinajstić information content (AvgIpc) is 2.63. The number of carbonyl (C=O) groups is 2. The first-order valence-corrected chi connectivity index (χ1v) is 8.67. The lowest BCUT2D eigenvalue weighted by Gasteiger charge is -2.15. The van der Waals surface area contributed by atoms with Crippen molar-refractivity contribution in [3.8, 4) is 0 Å². The zero-order chi connectivity index (χ0) is 20.0. The zero-order valence-electron chi connectivity index (χ0n) is 15.2. The minimum atomic E-state index is -4.52. The molecule has 0 aliphatic rings. The molecule has 27 heavy (non-hydrogen) atoms. The number of alkyl halides is 3. The van der Waals surface area contributed by atoms with Gasteiger partial charge in [-0.3, -0.25) is 9.78 Å². The fraction of sp³-hybridized carbons (Fsp3) is 0.421. The van der Waals surface area contributed by atoms with Gasteiger partial charge in [0, 0.05) is 11.1 Å². The Morgan fingerprint density at radius 2 is 1.89 bits per heavy atom. The Labute approximate surface area is 154 Å². The van der Waals surface area contributed by atoms with E-state index in [4.69, 9.17) is 4.74 Å². The molecule has 5 nitrogen and oxygen atoms in total. The lowest BCUT2D eigenvalue weighted by molar-refractivity contribution is -0.140. The summed E-state index contributed by atoms with van der Waals surface area (Å²) in [5, 5.41) is 2.27. The van der Waals surface area contributed by atoms with Crippen molar-refractivity contribution >= 4 is 22.8 Å². The van der Waals surface area contributed by atoms with Gasteiger partial charge < -0.3 is 10.1 Å². The first-order chi connectivity index (χ1) is 12.8. The number of halogens is 3. The van der Waals surface area contributed by atoms with Crippen LogP contribution in [-0.4, -0.2) is 36.2 Å². The van der Waals surface area contributed by atoms with Crippen molar-refractivity contribution in [2.24, 2.45) is 0 Å². The highest BCUT2D eigenvalue weighted by atomic mass is 19.4. The van der Waals surface area contributed by atoms with Gasteiger partial charge in [0.25, 0.3) is 5.91 Å². The molecule has 1 aromatic carbocycles. The van der Waals surface area contributed by atoms with E-state index in [0.29, 0.717) is 29.3 Å². The first-order valence-electron chi connectivity index (χ1n) is 8.67. The average molecular weight is 382 g/mol. The van der Waals surface area contributed by atoms with Crippen molar-refractivity contribution in [2.75, 3.05) is 13.2 Å². The third kappa shape index (κ3) is 5.42. The normalized spacial score (nSPS) is 11.4. The Kier molecular flexibility index (Phi) is 6.76. The molecular weight excluding hydrogens is 361 g/mol. The number of benzene rings is 1. The number of aromatic nitrogens is 1. The molecule has 2 aromatic rings. The van der Waals surface area contributed by atoms with Crippen molar-refractivity contribution in [1.82, 2.24) is 10.3 Å². The van der Waals surface area contributed by atoms with Crippen molar-refractivity contribution in [3.63, 3.8) is 0 Å². The molecule has 146 valence electrons. The van der Waals surface area contributed by atoms with Gasteiger partial charge in [-0.05, 0) is 24.5 Å². The molecule has 0 aliphatic heterocycles. The largest absolute Gasteiger partial charge is 0.452 e. The Hall–Kier alpha value is -2.64. The summed E-state index contributed by atoms with van der Waals surface area (Å²) < 4.78 is 41.4. The summed E-state index contributed by atoms with van der Waals surface area (Å²) in [6.45, 7) is 1.64. The number of nitrogens with zero attached hydrogens (tertiary/aromatic N) is 1. The van der Waals surface area contributed by atoms with E-state index >= 15 is 0 Å². The monoisotopic (exact) mass is 382 g/mol. The summed E-state index contributed by atoms with van der Waals surface area (Å²) in [5.74, 6) is -1.75. The van der Waals surface area contributed by atoms with Crippen LogP contribution in [0.4, 0.5) is 13.2 Å². The van der Waals surface area contributed by atoms with E-state index in [1.54, 1.807) is 29.6 Å². The summed E-state index contributed by atoms with van der Waals surface area (Å²) in [7, 11) is 0. The first kappa shape index (κ1) is 20.7. The van der Waals surface area contributed by atoms with Gasteiger partial charge in [0.15, 0.2) is 6.61 Å². The van der Waals surface area contributed by atoms with Crippen LogP contribution in [0.15, 0.2) is 24.3 Å². The standard InChI is InChI=1S/C19H21F3N2O3/c1-3-7-14-12(4-2)17(13-8-5-6-9-15(13)24-14)18(26)27-10-16(25)23-11-19(20,21)22/h5-6,8-9H,3-4,7,10-11H2,1-2H3,(H,23,25). The molecule has 1 aromatic heterocycles. The van der Waals surface area contributed by atoms with E-state index in [1.165, 1.54) is 0 Å². The van der Waals surface area contributed by atoms with Crippen LogP contribution in [0.3, 0.4) is 0 Å². The maximum atomic E-state index is 12.6. The number of hydrogen-bond acceptors (Lipinski definition) is 4. The quantitative estimate of drug-likeness (QED) is 0.743. The summed E-state index contributed by atoms with van der Waals surface area (Å²) >= 11 is 0. The predicted molar refractivity (Wildman–Crippen MR) is 94.5 cm³/mol. The second-order valence-corrected chi connectivity index (χ2v) is 6.00. The molecule has 0 unspecified atom stereocenters. The van der Waals surface area contributed by atoms with Crippen LogP contribution in [0, 0.1) is 0 Å². The van der Waals surface area contributed by atoms with Gasteiger partial charge in [-0.25, -0.2) is 4.79 Å². The fourth-order valence-corrected chi connectivity index (χ4v) is 2.81. The third-order valence-electron chi connectivity index (χ3n) is 3.94. The number of fused-ring (bicyclic) bond motifs is 1. The predicted octanol–water partition coefficient (Wildman–Crippen LogP) is 3.59. The summed E-state index contributed by atoms with van der Waals surface area (Å²) in [6, 6.07) is 7.07. The third-order valence-corrected chi connectivity index (χ3v) is 3.94. The van der Waals surface area contributed by atoms with Crippen molar-refractivity contribution in [2.45, 2.75) is 39.3 Å². The van der Waals surface area contributed by atoms with E-state index < -0.39 is 31.2 Å². The maximum absolute atomic E-state index is 12.6. The van der Waals surface area contributed by atoms with E-state index in [2.05, 4.69) is 4.98 Å². The number of hydrogen-bond donors (Lipinski definition) is 1. The Morgan fingerprint density at radius 1 is 1.19 bits per heavy atom. The summed E-state index contributed by atoms with van der Waals surface area (Å²) in [6.07, 6.45) is -2.46. The molecule has 2 rings (SSSR count). The number of nitrogens with one attached hydrogen (secondary N) is 1. The Morgan fingerprint density at radius 3 is 2.52 bits per heavy atom. The highest BCUT2D eigenvalue weighted by Gasteiger charge is 2.28. The van der Waals surface area contributed by atoms with E-state index in [-0.39, 0.29) is 0 Å². The summed E-state index contributed by atoms with van der Waals surface area (Å²) in [4.78, 5) is 28.8. The minimum Gasteiger partial charge on any atom is -0.452 e. The van der Waals surface area contributed by atoms with Gasteiger partial charge >= 0.3 is 12.1 Å². The van der Waals surface area contributed by atoms with Gasteiger partial charge in [0.1, 0.15) is 6.54 Å². The molecule has 0 fully saturated rings. The molecule has 0 radical (unpaired) electrons. The van der Waals surface area contributed by atoms with Crippen LogP contribution in [0.5, 0.6) is 0 Å². The minimum absolute atomic E-state index is 0.315. The number of carbonyl (C=O) groups excluding carboxylic acids is 2. The van der Waals surface area contributed by atoms with Crippen molar-refractivity contribution in [1.29, 1.82) is 0 Å². The van der Waals surface area contributed by atoms with Crippen LogP contribution < -0.4 is 5.32 Å². The molecule has 0 bridgehead atoms. The number of pyridine rings is 1. The maximum Gasteiger partial charge on any atom is 0.405 e. The molecule has 8 heteroatoms. The van der Waals surface area contributed by atoms with E-state index in [1.807, 2.05) is 13.8 Å². The van der Waals surface area contributed by atoms with Gasteiger partial charge in [-0.1, -0.05) is 38.5 Å². The van der Waals surface area contributed by atoms with Crippen LogP contribution in [0.2, 0.25) is 0 Å². The second kappa shape index (κ2) is 8.83. The van der Waals surface area contributed by atoms with Crippen LogP contribution in [0.25, 0.3) is 10.9 Å². The number of esters is 1. The number of ether oxygens (including phenoxy) is 1. The fourth-order valence-electron chi connectivity index (χ4n) is 2.81. The van der Waals surface area contributed by atoms with Gasteiger partial charge in [0.2, 0.25) is 0 Å². The second-order valence-electron chi connectivity index (χ2n) is 6.00. The molecule has 0 saturated carbocycles. The highest BCUT2D eigenvalue weighted by Crippen LogP contribution is 2.26. The van der Waals surface area contributed by atoms with E-state index in [9.17, 15) is 22.8 Å². The number of amides is 1. The van der Waals surface area contributed by atoms with Crippen LogP contribution in [0.1, 0.15) is 41.9 Å². The van der Waals surface area contributed by atoms with Gasteiger partial charge in [-0.2, -0.15) is 13.2 Å². The lowest BCUT2D eigenvalue weighted by Crippen LogP contribution is -2.36. The van der Waals surface area contributed by atoms with Crippen molar-refractivity contribution < 1.29 is 27.5 Å². The molecule has 1 amide bonds. The number of rotatable bonds is 7. The van der Waals surface area contributed by atoms with E-state index in [0.717, 1.165) is 17.7 Å². The number of para-hydroxylation sites is 1. The molecule has 0 saturated heterocycles. The van der Waals surface area contributed by atoms with Gasteiger partial charge in [0.05, 0.1) is 11.1 Å². The summed E-state index contributed by atoms with van der Waals surface area (Å²) in [5.41, 5.74) is 2.46. The SMILES string of the molecule is CCCc1nc2ccccc2c(C(=O)OCC(=O)NCC(F)(F)F)c1CC. The lowest BCUT2D eigenvalue weighted by atomic mass is 9.96. The van der Waals surface area contributed by atoms with Crippen LogP contribution >= 0.6 is 0 Å². The zero-order valence-corrected chi connectivity index (χ0v) is 15.2. The van der Waals surface area contributed by atoms with Crippen molar-refractivity contribution in [3.05, 3.63) is 41.1 Å². The number of aryl methyl sites for hydroxylation is 1. The van der Waals surface area contributed by atoms with Crippen LogP contribution in [-0.2, 0) is 22.4 Å². The van der Waals surface area contributed by atoms with Gasteiger partial charge in [-0.15, -0.1) is 0 Å². The molecule has 1 heterocycles. The molecule has 0 spiro atoms. The topological polar surface area (TPSA) is 68.3 Å². The molecule has 0 atom stereocenters. The Bertz CT molecular complexity index is 835. The Balaban J connectivity index is 2.27.